The van der Waals surface area contributed by atoms with Crippen LogP contribution in [0.1, 0.15) is 30.0 Å². The molecule has 23 heavy (non-hydrogen) atoms. The van der Waals surface area contributed by atoms with Gasteiger partial charge in [-0.05, 0) is 43.1 Å². The zero-order valence-corrected chi connectivity index (χ0v) is 14.3. The normalized spacial score (nSPS) is 10.8. The second-order valence-electron chi connectivity index (χ2n) is 5.90. The number of benzene rings is 2. The van der Waals surface area contributed by atoms with Gasteiger partial charge >= 0.3 is 0 Å². The van der Waals surface area contributed by atoms with Crippen molar-refractivity contribution in [2.75, 3.05) is 18.4 Å². The molecule has 0 radical (unpaired) electrons. The summed E-state index contributed by atoms with van der Waals surface area (Å²) in [5.74, 6) is 0.0743. The van der Waals surface area contributed by atoms with Gasteiger partial charge in [-0.3, -0.25) is 9.69 Å². The van der Waals surface area contributed by atoms with Crippen molar-refractivity contribution in [3.8, 4) is 0 Å². The molecule has 0 atom stereocenters. The van der Waals surface area contributed by atoms with Crippen molar-refractivity contribution < 1.29 is 4.79 Å². The number of carbonyl (C=O) groups is 1. The highest BCUT2D eigenvalue weighted by Gasteiger charge is 2.09. The van der Waals surface area contributed by atoms with E-state index >= 15 is 0 Å². The first-order valence-electron chi connectivity index (χ1n) is 8.22. The Bertz CT molecular complexity index is 637. The molecule has 0 aliphatic carbocycles. The second-order valence-corrected chi connectivity index (χ2v) is 5.90. The Kier molecular flexibility index (Phi) is 6.36. The smallest absolute Gasteiger partial charge is 0.225 e. The maximum atomic E-state index is 12.2. The fraction of sp³-hybridized carbons (Fsp3) is 0.350. The second kappa shape index (κ2) is 8.49. The molecule has 0 aliphatic heterocycles. The molecule has 3 heteroatoms. The van der Waals surface area contributed by atoms with Crippen LogP contribution in [0.25, 0.3) is 0 Å². The topological polar surface area (TPSA) is 32.3 Å². The summed E-state index contributed by atoms with van der Waals surface area (Å²) >= 11 is 0. The van der Waals surface area contributed by atoms with E-state index in [4.69, 9.17) is 0 Å². The number of amides is 1. The molecule has 0 heterocycles. The highest BCUT2D eigenvalue weighted by Crippen LogP contribution is 2.18. The summed E-state index contributed by atoms with van der Waals surface area (Å²) in [6.45, 7) is 8.82. The van der Waals surface area contributed by atoms with Crippen molar-refractivity contribution >= 4 is 11.6 Å². The highest BCUT2D eigenvalue weighted by atomic mass is 16.1. The number of rotatable bonds is 7. The van der Waals surface area contributed by atoms with Gasteiger partial charge in [0.05, 0.1) is 0 Å². The van der Waals surface area contributed by atoms with Gasteiger partial charge < -0.3 is 5.32 Å². The van der Waals surface area contributed by atoms with Crippen molar-refractivity contribution in [2.24, 2.45) is 0 Å². The first-order valence-corrected chi connectivity index (χ1v) is 8.22. The van der Waals surface area contributed by atoms with E-state index in [1.54, 1.807) is 0 Å². The minimum absolute atomic E-state index is 0.0743. The molecule has 2 rings (SSSR count). The predicted molar refractivity (Wildman–Crippen MR) is 96.6 cm³/mol. The van der Waals surface area contributed by atoms with Crippen LogP contribution in [0.3, 0.4) is 0 Å². The zero-order valence-electron chi connectivity index (χ0n) is 14.3. The van der Waals surface area contributed by atoms with Gasteiger partial charge in [-0.2, -0.15) is 0 Å². The highest BCUT2D eigenvalue weighted by molar-refractivity contribution is 5.91. The summed E-state index contributed by atoms with van der Waals surface area (Å²) in [6.07, 6.45) is 0.508. The van der Waals surface area contributed by atoms with Gasteiger partial charge in [-0.25, -0.2) is 0 Å². The lowest BCUT2D eigenvalue weighted by atomic mass is 10.1. The summed E-state index contributed by atoms with van der Waals surface area (Å²) in [4.78, 5) is 14.5. The minimum Gasteiger partial charge on any atom is -0.326 e. The van der Waals surface area contributed by atoms with Gasteiger partial charge in [0, 0.05) is 25.2 Å². The third kappa shape index (κ3) is 5.22. The number of hydrogen-bond donors (Lipinski definition) is 1. The van der Waals surface area contributed by atoms with Crippen molar-refractivity contribution in [1.82, 2.24) is 4.90 Å². The summed E-state index contributed by atoms with van der Waals surface area (Å²) in [7, 11) is 0. The number of hydrogen-bond acceptors (Lipinski definition) is 2. The summed E-state index contributed by atoms with van der Waals surface area (Å²) in [5, 5.41) is 3.03. The molecular formula is C20H26N2O. The SMILES string of the molecule is CCN(CCC(=O)Nc1cccc(C)c1C)Cc1ccccc1. The van der Waals surface area contributed by atoms with Crippen LogP contribution in [-0.2, 0) is 11.3 Å². The van der Waals surface area contributed by atoms with Gasteiger partial charge in [0.15, 0.2) is 0 Å². The number of aryl methyl sites for hydroxylation is 1. The Labute approximate surface area is 139 Å². The average Bonchev–Trinajstić information content (AvgIpc) is 2.56. The number of anilines is 1. The molecule has 1 amide bonds. The van der Waals surface area contributed by atoms with Crippen LogP contribution in [0.5, 0.6) is 0 Å². The van der Waals surface area contributed by atoms with E-state index in [-0.39, 0.29) is 5.91 Å². The van der Waals surface area contributed by atoms with Gasteiger partial charge in [0.2, 0.25) is 5.91 Å². The van der Waals surface area contributed by atoms with E-state index in [1.807, 2.05) is 25.1 Å². The lowest BCUT2D eigenvalue weighted by molar-refractivity contribution is -0.116. The quantitative estimate of drug-likeness (QED) is 0.833. The van der Waals surface area contributed by atoms with E-state index in [2.05, 4.69) is 54.4 Å². The van der Waals surface area contributed by atoms with Crippen LogP contribution in [-0.4, -0.2) is 23.9 Å². The van der Waals surface area contributed by atoms with E-state index in [9.17, 15) is 4.79 Å². The number of nitrogens with one attached hydrogen (secondary N) is 1. The Balaban J connectivity index is 1.86. The maximum absolute atomic E-state index is 12.2. The predicted octanol–water partition coefficient (Wildman–Crippen LogP) is 4.15. The molecule has 0 saturated carbocycles. The summed E-state index contributed by atoms with van der Waals surface area (Å²) in [5.41, 5.74) is 4.53. The Hall–Kier alpha value is -2.13. The number of carbonyl (C=O) groups excluding carboxylic acids is 1. The Morgan fingerprint density at radius 1 is 1.04 bits per heavy atom. The number of nitrogens with zero attached hydrogens (tertiary/aromatic N) is 1. The molecule has 0 aliphatic rings. The van der Waals surface area contributed by atoms with Gasteiger partial charge in [-0.1, -0.05) is 49.4 Å². The molecule has 0 unspecified atom stereocenters. The average molecular weight is 310 g/mol. The monoisotopic (exact) mass is 310 g/mol. The third-order valence-corrected chi connectivity index (χ3v) is 4.23. The molecular weight excluding hydrogens is 284 g/mol. The first-order chi connectivity index (χ1) is 11.1. The minimum atomic E-state index is 0.0743. The molecule has 0 spiro atoms. The van der Waals surface area contributed by atoms with Crippen LogP contribution >= 0.6 is 0 Å². The maximum Gasteiger partial charge on any atom is 0.225 e. The van der Waals surface area contributed by atoms with Gasteiger partial charge in [0.25, 0.3) is 0 Å². The van der Waals surface area contributed by atoms with Crippen LogP contribution < -0.4 is 5.32 Å². The lowest BCUT2D eigenvalue weighted by Gasteiger charge is -2.20. The summed E-state index contributed by atoms with van der Waals surface area (Å²) < 4.78 is 0. The molecule has 0 aromatic heterocycles. The van der Waals surface area contributed by atoms with Crippen LogP contribution in [0.4, 0.5) is 5.69 Å². The van der Waals surface area contributed by atoms with Gasteiger partial charge in [-0.15, -0.1) is 0 Å². The van der Waals surface area contributed by atoms with E-state index < -0.39 is 0 Å². The Morgan fingerprint density at radius 3 is 2.48 bits per heavy atom. The van der Waals surface area contributed by atoms with E-state index in [0.29, 0.717) is 6.42 Å². The molecule has 2 aromatic rings. The molecule has 1 N–H and O–H groups in total. The van der Waals surface area contributed by atoms with E-state index in [1.165, 1.54) is 11.1 Å². The molecule has 0 fully saturated rings. The molecule has 0 saturated heterocycles. The first kappa shape index (κ1) is 17.2. The van der Waals surface area contributed by atoms with Crippen molar-refractivity contribution in [1.29, 1.82) is 0 Å². The van der Waals surface area contributed by atoms with Crippen LogP contribution in [0.2, 0.25) is 0 Å². The molecule has 0 bridgehead atoms. The van der Waals surface area contributed by atoms with Crippen LogP contribution in [0, 0.1) is 13.8 Å². The fourth-order valence-corrected chi connectivity index (χ4v) is 2.55. The zero-order chi connectivity index (χ0) is 16.7. The van der Waals surface area contributed by atoms with Gasteiger partial charge in [0.1, 0.15) is 0 Å². The third-order valence-electron chi connectivity index (χ3n) is 4.23. The molecule has 122 valence electrons. The van der Waals surface area contributed by atoms with Crippen molar-refractivity contribution in [3.63, 3.8) is 0 Å². The van der Waals surface area contributed by atoms with E-state index in [0.717, 1.165) is 30.9 Å². The molecule has 3 nitrogen and oxygen atoms in total. The Morgan fingerprint density at radius 2 is 1.78 bits per heavy atom. The standard InChI is InChI=1S/C20H26N2O/c1-4-22(15-18-10-6-5-7-11-18)14-13-20(23)21-19-12-8-9-16(2)17(19)3/h5-12H,4,13-15H2,1-3H3,(H,21,23). The lowest BCUT2D eigenvalue weighted by Crippen LogP contribution is -2.27. The largest absolute Gasteiger partial charge is 0.326 e. The molecule has 2 aromatic carbocycles. The van der Waals surface area contributed by atoms with Crippen molar-refractivity contribution in [2.45, 2.75) is 33.7 Å². The van der Waals surface area contributed by atoms with Crippen LogP contribution in [0.15, 0.2) is 48.5 Å². The van der Waals surface area contributed by atoms with Crippen molar-refractivity contribution in [3.05, 3.63) is 65.2 Å². The summed E-state index contributed by atoms with van der Waals surface area (Å²) in [6, 6.07) is 16.4. The fourth-order valence-electron chi connectivity index (χ4n) is 2.55.